The van der Waals surface area contributed by atoms with Crippen LogP contribution in [0.3, 0.4) is 0 Å². The Kier molecular flexibility index (Phi) is 6.61. The van der Waals surface area contributed by atoms with E-state index >= 15 is 0 Å². The van der Waals surface area contributed by atoms with E-state index in [1.165, 1.54) is 32.4 Å². The van der Waals surface area contributed by atoms with Crippen molar-refractivity contribution in [3.8, 4) is 0 Å². The molecule has 20 heavy (non-hydrogen) atoms. The molecular formula is C13H17FN2O4. The number of ether oxygens (including phenoxy) is 2. The third kappa shape index (κ3) is 5.33. The van der Waals surface area contributed by atoms with Crippen LogP contribution in [0.5, 0.6) is 0 Å². The Labute approximate surface area is 116 Å². The van der Waals surface area contributed by atoms with Crippen molar-refractivity contribution in [3.63, 3.8) is 0 Å². The lowest BCUT2D eigenvalue weighted by Crippen LogP contribution is -2.43. The van der Waals surface area contributed by atoms with Crippen LogP contribution in [0.1, 0.15) is 5.56 Å². The van der Waals surface area contributed by atoms with E-state index in [-0.39, 0.29) is 13.1 Å². The predicted molar refractivity (Wildman–Crippen MR) is 69.1 cm³/mol. The SMILES string of the molecule is COC(CNC(=O)C(=O)NCc1cccc(F)c1)OC. The smallest absolute Gasteiger partial charge is 0.309 e. The van der Waals surface area contributed by atoms with Crippen molar-refractivity contribution in [1.82, 2.24) is 10.6 Å². The number of hydrogen-bond acceptors (Lipinski definition) is 4. The van der Waals surface area contributed by atoms with E-state index in [0.29, 0.717) is 5.56 Å². The van der Waals surface area contributed by atoms with E-state index in [4.69, 9.17) is 9.47 Å². The van der Waals surface area contributed by atoms with Gasteiger partial charge in [-0.2, -0.15) is 0 Å². The molecule has 6 nitrogen and oxygen atoms in total. The molecule has 0 heterocycles. The second kappa shape index (κ2) is 8.23. The summed E-state index contributed by atoms with van der Waals surface area (Å²) >= 11 is 0. The first-order valence-corrected chi connectivity index (χ1v) is 5.93. The molecule has 0 saturated carbocycles. The molecule has 0 unspecified atom stereocenters. The van der Waals surface area contributed by atoms with Gasteiger partial charge >= 0.3 is 11.8 Å². The summed E-state index contributed by atoms with van der Waals surface area (Å²) in [7, 11) is 2.84. The maximum absolute atomic E-state index is 12.9. The first-order valence-electron chi connectivity index (χ1n) is 5.93. The lowest BCUT2D eigenvalue weighted by Gasteiger charge is -2.13. The van der Waals surface area contributed by atoms with Crippen LogP contribution in [0.4, 0.5) is 4.39 Å². The summed E-state index contributed by atoms with van der Waals surface area (Å²) in [6.45, 7) is 0.126. The van der Waals surface area contributed by atoms with E-state index in [1.807, 2.05) is 0 Å². The van der Waals surface area contributed by atoms with Gasteiger partial charge in [-0.15, -0.1) is 0 Å². The third-order valence-electron chi connectivity index (χ3n) is 2.50. The number of nitrogens with one attached hydrogen (secondary N) is 2. The average molecular weight is 284 g/mol. The number of carbonyl (C=O) groups excluding carboxylic acids is 2. The lowest BCUT2D eigenvalue weighted by atomic mass is 10.2. The number of amides is 2. The summed E-state index contributed by atoms with van der Waals surface area (Å²) in [4.78, 5) is 23.0. The molecule has 0 fully saturated rings. The fraction of sp³-hybridized carbons (Fsp3) is 0.385. The van der Waals surface area contributed by atoms with E-state index in [0.717, 1.165) is 0 Å². The molecule has 2 amide bonds. The predicted octanol–water partition coefficient (Wildman–Crippen LogP) is 0.177. The molecule has 0 aliphatic heterocycles. The molecule has 1 aromatic carbocycles. The van der Waals surface area contributed by atoms with E-state index < -0.39 is 23.9 Å². The van der Waals surface area contributed by atoms with Gasteiger partial charge in [0.2, 0.25) is 0 Å². The molecule has 2 N–H and O–H groups in total. The van der Waals surface area contributed by atoms with Crippen molar-refractivity contribution < 1.29 is 23.5 Å². The normalized spacial score (nSPS) is 10.4. The Balaban J connectivity index is 2.37. The van der Waals surface area contributed by atoms with Crippen molar-refractivity contribution in [2.75, 3.05) is 20.8 Å². The van der Waals surface area contributed by atoms with Crippen LogP contribution in [-0.4, -0.2) is 38.9 Å². The van der Waals surface area contributed by atoms with Gasteiger partial charge in [-0.3, -0.25) is 9.59 Å². The minimum atomic E-state index is -0.805. The molecule has 1 aromatic rings. The Morgan fingerprint density at radius 2 is 1.85 bits per heavy atom. The summed E-state index contributed by atoms with van der Waals surface area (Å²) in [6.07, 6.45) is -0.616. The van der Waals surface area contributed by atoms with Crippen molar-refractivity contribution in [3.05, 3.63) is 35.6 Å². The molecule has 0 bridgehead atoms. The first-order chi connectivity index (χ1) is 9.56. The largest absolute Gasteiger partial charge is 0.354 e. The molecule has 110 valence electrons. The number of benzene rings is 1. The summed E-state index contributed by atoms with van der Waals surface area (Å²) < 4.78 is 22.6. The van der Waals surface area contributed by atoms with Crippen molar-refractivity contribution in [2.45, 2.75) is 12.8 Å². The summed E-state index contributed by atoms with van der Waals surface area (Å²) in [5.41, 5.74) is 0.567. The summed E-state index contributed by atoms with van der Waals surface area (Å²) in [5.74, 6) is -2.01. The van der Waals surface area contributed by atoms with Gasteiger partial charge in [-0.1, -0.05) is 12.1 Å². The molecule has 0 aromatic heterocycles. The van der Waals surface area contributed by atoms with Gasteiger partial charge in [0.1, 0.15) is 5.82 Å². The lowest BCUT2D eigenvalue weighted by molar-refractivity contribution is -0.141. The number of carbonyl (C=O) groups is 2. The molecule has 0 aliphatic rings. The van der Waals surface area contributed by atoms with Crippen molar-refractivity contribution in [2.24, 2.45) is 0 Å². The minimum Gasteiger partial charge on any atom is -0.354 e. The van der Waals surface area contributed by atoms with Gasteiger partial charge in [-0.05, 0) is 17.7 Å². The molecule has 0 spiro atoms. The Hall–Kier alpha value is -1.99. The van der Waals surface area contributed by atoms with Crippen LogP contribution in [0.25, 0.3) is 0 Å². The van der Waals surface area contributed by atoms with Crippen molar-refractivity contribution in [1.29, 1.82) is 0 Å². The Bertz CT molecular complexity index is 463. The molecule has 0 aliphatic carbocycles. The number of halogens is 1. The summed E-state index contributed by atoms with van der Waals surface area (Å²) in [5, 5.41) is 4.74. The van der Waals surface area contributed by atoms with Crippen LogP contribution >= 0.6 is 0 Å². The van der Waals surface area contributed by atoms with Gasteiger partial charge in [0, 0.05) is 20.8 Å². The number of rotatable bonds is 6. The zero-order chi connectivity index (χ0) is 15.0. The van der Waals surface area contributed by atoms with Gasteiger partial charge in [0.25, 0.3) is 0 Å². The van der Waals surface area contributed by atoms with Crippen LogP contribution in [-0.2, 0) is 25.6 Å². The topological polar surface area (TPSA) is 76.7 Å². The third-order valence-corrected chi connectivity index (χ3v) is 2.50. The van der Waals surface area contributed by atoms with Crippen LogP contribution in [0.15, 0.2) is 24.3 Å². The van der Waals surface area contributed by atoms with Gasteiger partial charge in [-0.25, -0.2) is 4.39 Å². The molecule has 1 rings (SSSR count). The van der Waals surface area contributed by atoms with Crippen LogP contribution in [0, 0.1) is 5.82 Å². The monoisotopic (exact) mass is 284 g/mol. The number of methoxy groups -OCH3 is 2. The zero-order valence-electron chi connectivity index (χ0n) is 11.3. The Morgan fingerprint density at radius 3 is 2.45 bits per heavy atom. The van der Waals surface area contributed by atoms with E-state index in [2.05, 4.69) is 10.6 Å². The quantitative estimate of drug-likeness (QED) is 0.577. The second-order valence-corrected chi connectivity index (χ2v) is 3.92. The highest BCUT2D eigenvalue weighted by molar-refractivity contribution is 6.35. The standard InChI is InChI=1S/C13H17FN2O4/c1-19-11(20-2)8-16-13(18)12(17)15-7-9-4-3-5-10(14)6-9/h3-6,11H,7-8H2,1-2H3,(H,15,17)(H,16,18). The van der Waals surface area contributed by atoms with E-state index in [9.17, 15) is 14.0 Å². The minimum absolute atomic E-state index is 0.0548. The summed E-state index contributed by atoms with van der Waals surface area (Å²) in [6, 6.07) is 5.75. The van der Waals surface area contributed by atoms with Gasteiger partial charge in [0.05, 0.1) is 6.54 Å². The first kappa shape index (κ1) is 16.1. The molecule has 0 saturated heterocycles. The average Bonchev–Trinajstić information content (AvgIpc) is 2.45. The highest BCUT2D eigenvalue weighted by Crippen LogP contribution is 2.02. The molecule has 7 heteroatoms. The molecular weight excluding hydrogens is 267 g/mol. The maximum Gasteiger partial charge on any atom is 0.309 e. The second-order valence-electron chi connectivity index (χ2n) is 3.92. The van der Waals surface area contributed by atoms with Crippen LogP contribution < -0.4 is 10.6 Å². The number of hydrogen-bond donors (Lipinski definition) is 2. The molecule has 0 radical (unpaired) electrons. The fourth-order valence-corrected chi connectivity index (χ4v) is 1.43. The van der Waals surface area contributed by atoms with Crippen LogP contribution in [0.2, 0.25) is 0 Å². The Morgan fingerprint density at radius 1 is 1.20 bits per heavy atom. The fourth-order valence-electron chi connectivity index (χ4n) is 1.43. The van der Waals surface area contributed by atoms with Crippen molar-refractivity contribution >= 4 is 11.8 Å². The van der Waals surface area contributed by atoms with Gasteiger partial charge in [0.15, 0.2) is 6.29 Å². The zero-order valence-corrected chi connectivity index (χ0v) is 11.3. The van der Waals surface area contributed by atoms with E-state index in [1.54, 1.807) is 6.07 Å². The maximum atomic E-state index is 12.9. The highest BCUT2D eigenvalue weighted by atomic mass is 19.1. The molecule has 0 atom stereocenters. The van der Waals surface area contributed by atoms with Gasteiger partial charge < -0.3 is 20.1 Å². The highest BCUT2D eigenvalue weighted by Gasteiger charge is 2.15.